The van der Waals surface area contributed by atoms with Gasteiger partial charge in [0.25, 0.3) is 0 Å². The van der Waals surface area contributed by atoms with Crippen LogP contribution in [0.1, 0.15) is 47.0 Å². The SMILES string of the molecule is CCC1(CC)CCN(C(=O)C(C)(C)N)C1. The molecule has 0 aromatic rings. The molecule has 3 nitrogen and oxygen atoms in total. The summed E-state index contributed by atoms with van der Waals surface area (Å²) < 4.78 is 0. The Balaban J connectivity index is 2.68. The summed E-state index contributed by atoms with van der Waals surface area (Å²) in [4.78, 5) is 13.9. The maximum Gasteiger partial charge on any atom is 0.242 e. The highest BCUT2D eigenvalue weighted by atomic mass is 16.2. The van der Waals surface area contributed by atoms with Crippen LogP contribution in [0.25, 0.3) is 0 Å². The van der Waals surface area contributed by atoms with E-state index in [0.717, 1.165) is 32.4 Å². The van der Waals surface area contributed by atoms with Crippen molar-refractivity contribution >= 4 is 5.91 Å². The number of hydrogen-bond acceptors (Lipinski definition) is 2. The lowest BCUT2D eigenvalue weighted by molar-refractivity contribution is -0.135. The number of amides is 1. The van der Waals surface area contributed by atoms with E-state index < -0.39 is 5.54 Å². The molecule has 0 spiro atoms. The quantitative estimate of drug-likeness (QED) is 0.775. The van der Waals surface area contributed by atoms with Gasteiger partial charge in [0.15, 0.2) is 0 Å². The van der Waals surface area contributed by atoms with Crippen LogP contribution in [0, 0.1) is 5.41 Å². The van der Waals surface area contributed by atoms with Crippen molar-refractivity contribution in [2.24, 2.45) is 11.1 Å². The van der Waals surface area contributed by atoms with Gasteiger partial charge in [-0.1, -0.05) is 13.8 Å². The molecule has 1 aliphatic heterocycles. The van der Waals surface area contributed by atoms with Crippen LogP contribution >= 0.6 is 0 Å². The molecule has 0 saturated carbocycles. The molecule has 2 N–H and O–H groups in total. The third-order valence-corrected chi connectivity index (χ3v) is 3.78. The van der Waals surface area contributed by atoms with Crippen LogP contribution in [0.3, 0.4) is 0 Å². The van der Waals surface area contributed by atoms with E-state index in [9.17, 15) is 4.79 Å². The van der Waals surface area contributed by atoms with Gasteiger partial charge in [-0.2, -0.15) is 0 Å². The summed E-state index contributed by atoms with van der Waals surface area (Å²) in [5.41, 5.74) is 5.46. The fraction of sp³-hybridized carbons (Fsp3) is 0.917. The molecule has 0 radical (unpaired) electrons. The van der Waals surface area contributed by atoms with Gasteiger partial charge in [0.05, 0.1) is 5.54 Å². The Bertz CT molecular complexity index is 238. The molecule has 1 saturated heterocycles. The molecule has 0 bridgehead atoms. The smallest absolute Gasteiger partial charge is 0.242 e. The van der Waals surface area contributed by atoms with Crippen molar-refractivity contribution in [2.45, 2.75) is 52.5 Å². The van der Waals surface area contributed by atoms with Crippen LogP contribution in [0.2, 0.25) is 0 Å². The molecule has 1 amide bonds. The lowest BCUT2D eigenvalue weighted by Gasteiger charge is -2.29. The second-order valence-electron chi connectivity index (χ2n) is 5.41. The number of hydrogen-bond donors (Lipinski definition) is 1. The van der Waals surface area contributed by atoms with Gasteiger partial charge in [-0.15, -0.1) is 0 Å². The Kier molecular flexibility index (Phi) is 3.44. The second-order valence-corrected chi connectivity index (χ2v) is 5.41. The van der Waals surface area contributed by atoms with Crippen LogP contribution in [0.15, 0.2) is 0 Å². The molecule has 1 fully saturated rings. The highest BCUT2D eigenvalue weighted by Crippen LogP contribution is 2.37. The normalized spacial score (nSPS) is 20.7. The maximum atomic E-state index is 12.0. The van der Waals surface area contributed by atoms with Gasteiger partial charge in [-0.25, -0.2) is 0 Å². The zero-order valence-electron chi connectivity index (χ0n) is 10.5. The van der Waals surface area contributed by atoms with Gasteiger partial charge in [0.2, 0.25) is 5.91 Å². The lowest BCUT2D eigenvalue weighted by atomic mass is 9.82. The van der Waals surface area contributed by atoms with E-state index in [-0.39, 0.29) is 5.91 Å². The van der Waals surface area contributed by atoms with E-state index in [1.807, 2.05) is 4.90 Å². The van der Waals surface area contributed by atoms with E-state index in [2.05, 4.69) is 13.8 Å². The monoisotopic (exact) mass is 212 g/mol. The number of carbonyl (C=O) groups excluding carboxylic acids is 1. The van der Waals surface area contributed by atoms with Gasteiger partial charge < -0.3 is 10.6 Å². The molecule has 0 atom stereocenters. The van der Waals surface area contributed by atoms with E-state index in [4.69, 9.17) is 5.73 Å². The van der Waals surface area contributed by atoms with E-state index in [1.54, 1.807) is 13.8 Å². The third kappa shape index (κ3) is 2.51. The lowest BCUT2D eigenvalue weighted by Crippen LogP contribution is -2.50. The highest BCUT2D eigenvalue weighted by Gasteiger charge is 2.39. The number of likely N-dealkylation sites (tertiary alicyclic amines) is 1. The van der Waals surface area contributed by atoms with Crippen LogP contribution in [0.4, 0.5) is 0 Å². The number of rotatable bonds is 3. The Morgan fingerprint density at radius 3 is 2.27 bits per heavy atom. The molecular formula is C12H24N2O. The average molecular weight is 212 g/mol. The average Bonchev–Trinajstić information content (AvgIpc) is 2.60. The molecule has 0 aromatic carbocycles. The Hall–Kier alpha value is -0.570. The molecule has 0 aromatic heterocycles. The van der Waals surface area contributed by atoms with Gasteiger partial charge in [0, 0.05) is 13.1 Å². The minimum absolute atomic E-state index is 0.0891. The van der Waals surface area contributed by atoms with Crippen molar-refractivity contribution in [3.63, 3.8) is 0 Å². The predicted molar refractivity (Wildman–Crippen MR) is 62.5 cm³/mol. The van der Waals surface area contributed by atoms with Gasteiger partial charge >= 0.3 is 0 Å². The van der Waals surface area contributed by atoms with Crippen molar-refractivity contribution in [2.75, 3.05) is 13.1 Å². The first-order valence-electron chi connectivity index (χ1n) is 5.93. The van der Waals surface area contributed by atoms with E-state index >= 15 is 0 Å². The first kappa shape index (κ1) is 12.5. The Labute approximate surface area is 93.0 Å². The molecular weight excluding hydrogens is 188 g/mol. The first-order valence-corrected chi connectivity index (χ1v) is 5.93. The molecule has 0 unspecified atom stereocenters. The molecule has 15 heavy (non-hydrogen) atoms. The molecule has 1 heterocycles. The second kappa shape index (κ2) is 4.12. The standard InChI is InChI=1S/C12H24N2O/c1-5-12(6-2)7-8-14(9-12)10(15)11(3,4)13/h5-9,13H2,1-4H3. The van der Waals surface area contributed by atoms with E-state index in [1.165, 1.54) is 0 Å². The van der Waals surface area contributed by atoms with Crippen molar-refractivity contribution in [3.05, 3.63) is 0 Å². The Morgan fingerprint density at radius 1 is 1.40 bits per heavy atom. The minimum atomic E-state index is -0.725. The zero-order valence-corrected chi connectivity index (χ0v) is 10.5. The largest absolute Gasteiger partial charge is 0.341 e. The van der Waals surface area contributed by atoms with Crippen molar-refractivity contribution in [1.82, 2.24) is 4.90 Å². The Morgan fingerprint density at radius 2 is 1.93 bits per heavy atom. The highest BCUT2D eigenvalue weighted by molar-refractivity contribution is 5.85. The van der Waals surface area contributed by atoms with Crippen molar-refractivity contribution in [1.29, 1.82) is 0 Å². The summed E-state index contributed by atoms with van der Waals surface area (Å²) in [7, 11) is 0. The molecule has 3 heteroatoms. The van der Waals surface area contributed by atoms with Crippen LogP contribution in [-0.2, 0) is 4.79 Å². The zero-order chi connectivity index (χ0) is 11.7. The van der Waals surface area contributed by atoms with E-state index in [0.29, 0.717) is 5.41 Å². The van der Waals surface area contributed by atoms with Crippen molar-refractivity contribution < 1.29 is 4.79 Å². The van der Waals surface area contributed by atoms with Gasteiger partial charge in [-0.3, -0.25) is 4.79 Å². The fourth-order valence-corrected chi connectivity index (χ4v) is 2.34. The summed E-state index contributed by atoms with van der Waals surface area (Å²) in [6, 6.07) is 0. The predicted octanol–water partition coefficient (Wildman–Crippen LogP) is 1.76. The van der Waals surface area contributed by atoms with Gasteiger partial charge in [0.1, 0.15) is 0 Å². The summed E-state index contributed by atoms with van der Waals surface area (Å²) in [5.74, 6) is 0.0891. The number of nitrogens with two attached hydrogens (primary N) is 1. The summed E-state index contributed by atoms with van der Waals surface area (Å²) in [6.07, 6.45) is 3.43. The molecule has 88 valence electrons. The van der Waals surface area contributed by atoms with Crippen LogP contribution < -0.4 is 5.73 Å². The summed E-state index contributed by atoms with van der Waals surface area (Å²) >= 11 is 0. The van der Waals surface area contributed by atoms with Crippen molar-refractivity contribution in [3.8, 4) is 0 Å². The maximum absolute atomic E-state index is 12.0. The minimum Gasteiger partial charge on any atom is -0.341 e. The topological polar surface area (TPSA) is 46.3 Å². The van der Waals surface area contributed by atoms with Crippen LogP contribution in [0.5, 0.6) is 0 Å². The third-order valence-electron chi connectivity index (χ3n) is 3.78. The number of carbonyl (C=O) groups is 1. The number of nitrogens with zero attached hydrogens (tertiary/aromatic N) is 1. The van der Waals surface area contributed by atoms with Crippen LogP contribution in [-0.4, -0.2) is 29.4 Å². The summed E-state index contributed by atoms with van der Waals surface area (Å²) in [5, 5.41) is 0. The summed E-state index contributed by atoms with van der Waals surface area (Å²) in [6.45, 7) is 9.76. The molecule has 1 rings (SSSR count). The fourth-order valence-electron chi connectivity index (χ4n) is 2.34. The molecule has 1 aliphatic rings. The first-order chi connectivity index (χ1) is 6.84. The molecule has 0 aliphatic carbocycles. The van der Waals surface area contributed by atoms with Gasteiger partial charge in [-0.05, 0) is 38.5 Å².